The Morgan fingerprint density at radius 2 is 2.12 bits per heavy atom. The second kappa shape index (κ2) is 9.29. The molecule has 0 unspecified atom stereocenters. The van der Waals surface area contributed by atoms with Crippen LogP contribution in [0.1, 0.15) is 31.2 Å². The standard InChI is InChI=1S/C20H24FN3O2/c21-17-4-1-5-18(13-17)26-20-16(3-2-10-23-20)14-24-19(25)7-6-15-8-11-22-12-9-15/h1-5,10,13,15,22H,6-9,11-12,14H2,(H,24,25). The van der Waals surface area contributed by atoms with Crippen LogP contribution in [0.2, 0.25) is 0 Å². The number of benzene rings is 1. The van der Waals surface area contributed by atoms with Crippen LogP contribution in [0.15, 0.2) is 42.6 Å². The molecule has 0 saturated carbocycles. The van der Waals surface area contributed by atoms with E-state index >= 15 is 0 Å². The summed E-state index contributed by atoms with van der Waals surface area (Å²) in [4.78, 5) is 16.3. The Kier molecular flexibility index (Phi) is 6.55. The van der Waals surface area contributed by atoms with Crippen LogP contribution in [0.3, 0.4) is 0 Å². The highest BCUT2D eigenvalue weighted by Gasteiger charge is 2.15. The Morgan fingerprint density at radius 3 is 2.92 bits per heavy atom. The van der Waals surface area contributed by atoms with Crippen molar-refractivity contribution < 1.29 is 13.9 Å². The summed E-state index contributed by atoms with van der Waals surface area (Å²) < 4.78 is 19.0. The predicted octanol–water partition coefficient (Wildman–Crippen LogP) is 3.41. The molecule has 6 heteroatoms. The molecule has 1 aliphatic rings. The van der Waals surface area contributed by atoms with Gasteiger partial charge in [0.2, 0.25) is 11.8 Å². The molecule has 1 aromatic heterocycles. The van der Waals surface area contributed by atoms with Gasteiger partial charge in [0.25, 0.3) is 0 Å². The summed E-state index contributed by atoms with van der Waals surface area (Å²) in [6.07, 6.45) is 5.35. The van der Waals surface area contributed by atoms with E-state index in [0.717, 1.165) is 37.9 Å². The van der Waals surface area contributed by atoms with Crippen LogP contribution in [-0.2, 0) is 11.3 Å². The number of carbonyl (C=O) groups excluding carboxylic acids is 1. The molecule has 2 N–H and O–H groups in total. The van der Waals surface area contributed by atoms with Crippen molar-refractivity contribution in [1.82, 2.24) is 15.6 Å². The lowest BCUT2D eigenvalue weighted by molar-refractivity contribution is -0.121. The lowest BCUT2D eigenvalue weighted by Gasteiger charge is -2.22. The van der Waals surface area contributed by atoms with E-state index < -0.39 is 0 Å². The van der Waals surface area contributed by atoms with Crippen molar-refractivity contribution in [2.45, 2.75) is 32.2 Å². The molecule has 138 valence electrons. The average molecular weight is 357 g/mol. The highest BCUT2D eigenvalue weighted by atomic mass is 19.1. The van der Waals surface area contributed by atoms with E-state index in [9.17, 15) is 9.18 Å². The first-order valence-electron chi connectivity index (χ1n) is 9.05. The van der Waals surface area contributed by atoms with Crippen molar-refractivity contribution in [3.8, 4) is 11.6 Å². The molecule has 26 heavy (non-hydrogen) atoms. The molecule has 1 aliphatic heterocycles. The Morgan fingerprint density at radius 1 is 1.27 bits per heavy atom. The normalized spacial score (nSPS) is 14.8. The van der Waals surface area contributed by atoms with Gasteiger partial charge in [0, 0.05) is 30.8 Å². The van der Waals surface area contributed by atoms with Crippen LogP contribution in [-0.4, -0.2) is 24.0 Å². The van der Waals surface area contributed by atoms with E-state index in [2.05, 4.69) is 15.6 Å². The van der Waals surface area contributed by atoms with Gasteiger partial charge in [-0.15, -0.1) is 0 Å². The maximum Gasteiger partial charge on any atom is 0.224 e. The van der Waals surface area contributed by atoms with Gasteiger partial charge in [-0.25, -0.2) is 9.37 Å². The lowest BCUT2D eigenvalue weighted by Crippen LogP contribution is -2.29. The minimum Gasteiger partial charge on any atom is -0.439 e. The van der Waals surface area contributed by atoms with Gasteiger partial charge in [-0.3, -0.25) is 4.79 Å². The topological polar surface area (TPSA) is 63.2 Å². The predicted molar refractivity (Wildman–Crippen MR) is 97.4 cm³/mol. The first-order chi connectivity index (χ1) is 12.7. The number of hydrogen-bond acceptors (Lipinski definition) is 4. The summed E-state index contributed by atoms with van der Waals surface area (Å²) in [6.45, 7) is 2.43. The Bertz CT molecular complexity index is 733. The first kappa shape index (κ1) is 18.3. The zero-order chi connectivity index (χ0) is 18.2. The molecule has 0 bridgehead atoms. The Labute approximate surface area is 153 Å². The van der Waals surface area contributed by atoms with Crippen LogP contribution >= 0.6 is 0 Å². The van der Waals surface area contributed by atoms with Crippen LogP contribution in [0.5, 0.6) is 11.6 Å². The number of hydrogen-bond donors (Lipinski definition) is 2. The number of nitrogens with zero attached hydrogens (tertiary/aromatic N) is 1. The fraction of sp³-hybridized carbons (Fsp3) is 0.400. The SMILES string of the molecule is O=C(CCC1CCNCC1)NCc1cccnc1Oc1cccc(F)c1. The summed E-state index contributed by atoms with van der Waals surface area (Å²) in [7, 11) is 0. The third-order valence-electron chi connectivity index (χ3n) is 4.57. The van der Waals surface area contributed by atoms with Crippen molar-refractivity contribution in [2.75, 3.05) is 13.1 Å². The first-order valence-corrected chi connectivity index (χ1v) is 9.05. The number of amides is 1. The van der Waals surface area contributed by atoms with Gasteiger partial charge in [-0.1, -0.05) is 12.1 Å². The molecule has 2 heterocycles. The van der Waals surface area contributed by atoms with Gasteiger partial charge in [0.15, 0.2) is 0 Å². The molecule has 1 fully saturated rings. The number of pyridine rings is 1. The maximum atomic E-state index is 13.3. The van der Waals surface area contributed by atoms with Crippen molar-refractivity contribution in [3.63, 3.8) is 0 Å². The van der Waals surface area contributed by atoms with Gasteiger partial charge >= 0.3 is 0 Å². The average Bonchev–Trinajstić information content (AvgIpc) is 2.66. The number of ether oxygens (including phenoxy) is 1. The molecule has 3 rings (SSSR count). The van der Waals surface area contributed by atoms with E-state index in [-0.39, 0.29) is 11.7 Å². The molecule has 1 saturated heterocycles. The fourth-order valence-corrected chi connectivity index (χ4v) is 3.08. The molecule has 0 aliphatic carbocycles. The van der Waals surface area contributed by atoms with Gasteiger partial charge < -0.3 is 15.4 Å². The van der Waals surface area contributed by atoms with Crippen LogP contribution in [0.4, 0.5) is 4.39 Å². The van der Waals surface area contributed by atoms with Crippen molar-refractivity contribution in [1.29, 1.82) is 0 Å². The third-order valence-corrected chi connectivity index (χ3v) is 4.57. The summed E-state index contributed by atoms with van der Waals surface area (Å²) >= 11 is 0. The van der Waals surface area contributed by atoms with Crippen molar-refractivity contribution in [3.05, 3.63) is 54.0 Å². The number of halogens is 1. The summed E-state index contributed by atoms with van der Waals surface area (Å²) in [5.74, 6) is 1.04. The minimum atomic E-state index is -0.369. The number of carbonyl (C=O) groups is 1. The third kappa shape index (κ3) is 5.52. The van der Waals surface area contributed by atoms with Crippen LogP contribution in [0, 0.1) is 11.7 Å². The largest absolute Gasteiger partial charge is 0.439 e. The minimum absolute atomic E-state index is 0.0316. The van der Waals surface area contributed by atoms with Crippen molar-refractivity contribution >= 4 is 5.91 Å². The van der Waals surface area contributed by atoms with Gasteiger partial charge in [0.05, 0.1) is 0 Å². The zero-order valence-electron chi connectivity index (χ0n) is 14.7. The number of piperidine rings is 1. The van der Waals surface area contributed by atoms with Crippen molar-refractivity contribution in [2.24, 2.45) is 5.92 Å². The lowest BCUT2D eigenvalue weighted by atomic mass is 9.93. The monoisotopic (exact) mass is 357 g/mol. The molecule has 0 radical (unpaired) electrons. The second-order valence-electron chi connectivity index (χ2n) is 6.54. The molecular weight excluding hydrogens is 333 g/mol. The number of nitrogens with one attached hydrogen (secondary N) is 2. The summed E-state index contributed by atoms with van der Waals surface area (Å²) in [5, 5.41) is 6.26. The fourth-order valence-electron chi connectivity index (χ4n) is 3.08. The number of rotatable bonds is 7. The van der Waals surface area contributed by atoms with Gasteiger partial charge in [0.1, 0.15) is 11.6 Å². The highest BCUT2D eigenvalue weighted by Crippen LogP contribution is 2.23. The van der Waals surface area contributed by atoms with Gasteiger partial charge in [-0.05, 0) is 56.5 Å². The molecule has 1 amide bonds. The van der Waals surface area contributed by atoms with Gasteiger partial charge in [-0.2, -0.15) is 0 Å². The molecule has 1 aromatic carbocycles. The maximum absolute atomic E-state index is 13.3. The smallest absolute Gasteiger partial charge is 0.224 e. The van der Waals surface area contributed by atoms with Crippen LogP contribution < -0.4 is 15.4 Å². The molecule has 2 aromatic rings. The molecular formula is C20H24FN3O2. The molecule has 0 spiro atoms. The Balaban J connectivity index is 1.52. The van der Waals surface area contributed by atoms with E-state index in [1.54, 1.807) is 24.4 Å². The zero-order valence-corrected chi connectivity index (χ0v) is 14.7. The Hall–Kier alpha value is -2.47. The second-order valence-corrected chi connectivity index (χ2v) is 6.54. The van der Waals surface area contributed by atoms with E-state index in [4.69, 9.17) is 4.74 Å². The van der Waals surface area contributed by atoms with Crippen LogP contribution in [0.25, 0.3) is 0 Å². The van der Waals surface area contributed by atoms with E-state index in [0.29, 0.717) is 30.5 Å². The van der Waals surface area contributed by atoms with E-state index in [1.165, 1.54) is 12.1 Å². The summed E-state index contributed by atoms with van der Waals surface area (Å²) in [6, 6.07) is 9.53. The van der Waals surface area contributed by atoms with E-state index in [1.807, 2.05) is 6.07 Å². The highest BCUT2D eigenvalue weighted by molar-refractivity contribution is 5.75. The molecule has 0 atom stereocenters. The summed E-state index contributed by atoms with van der Waals surface area (Å²) in [5.41, 5.74) is 0.756. The quantitative estimate of drug-likeness (QED) is 0.797. The molecule has 5 nitrogen and oxygen atoms in total. The number of aromatic nitrogens is 1.